The SMILES string of the molecule is CCN(C(=O)C(C)OC(=O)c1ccc(-n2nc(C)cc2C)cc1)C1CCS(=O)(=O)C1. The van der Waals surface area contributed by atoms with E-state index in [9.17, 15) is 18.0 Å². The number of carbonyl (C=O) groups is 2. The number of hydrogen-bond donors (Lipinski definition) is 0. The number of sulfone groups is 1. The summed E-state index contributed by atoms with van der Waals surface area (Å²) < 4.78 is 30.6. The lowest BCUT2D eigenvalue weighted by Gasteiger charge is -2.29. The van der Waals surface area contributed by atoms with Gasteiger partial charge in [0.25, 0.3) is 5.91 Å². The molecule has 2 heterocycles. The van der Waals surface area contributed by atoms with E-state index in [0.717, 1.165) is 17.1 Å². The van der Waals surface area contributed by atoms with Gasteiger partial charge >= 0.3 is 5.97 Å². The lowest BCUT2D eigenvalue weighted by Crippen LogP contribution is -2.46. The molecule has 1 aliphatic heterocycles. The first kappa shape index (κ1) is 22.0. The van der Waals surface area contributed by atoms with Crippen molar-refractivity contribution in [1.82, 2.24) is 14.7 Å². The number of esters is 1. The average Bonchev–Trinajstić information content (AvgIpc) is 3.22. The number of benzene rings is 1. The van der Waals surface area contributed by atoms with E-state index in [1.165, 1.54) is 11.8 Å². The van der Waals surface area contributed by atoms with Gasteiger partial charge < -0.3 is 9.64 Å². The van der Waals surface area contributed by atoms with E-state index in [4.69, 9.17) is 4.74 Å². The Morgan fingerprint density at radius 2 is 1.93 bits per heavy atom. The molecule has 2 atom stereocenters. The topological polar surface area (TPSA) is 98.6 Å². The number of aromatic nitrogens is 2. The van der Waals surface area contributed by atoms with Crippen LogP contribution in [-0.4, -0.2) is 65.2 Å². The Kier molecular flexibility index (Phi) is 6.30. The van der Waals surface area contributed by atoms with E-state index in [2.05, 4.69) is 5.10 Å². The van der Waals surface area contributed by atoms with Crippen LogP contribution in [-0.2, 0) is 19.4 Å². The Morgan fingerprint density at radius 1 is 1.27 bits per heavy atom. The maximum atomic E-state index is 12.8. The van der Waals surface area contributed by atoms with E-state index < -0.39 is 21.9 Å². The van der Waals surface area contributed by atoms with Gasteiger partial charge in [-0.05, 0) is 64.4 Å². The number of rotatable bonds is 6. The average molecular weight is 434 g/mol. The molecule has 2 aromatic rings. The van der Waals surface area contributed by atoms with Crippen molar-refractivity contribution in [2.45, 2.75) is 46.3 Å². The van der Waals surface area contributed by atoms with E-state index in [0.29, 0.717) is 18.5 Å². The van der Waals surface area contributed by atoms with Crippen LogP contribution < -0.4 is 0 Å². The van der Waals surface area contributed by atoms with Crippen LogP contribution in [0.4, 0.5) is 0 Å². The van der Waals surface area contributed by atoms with Crippen molar-refractivity contribution in [2.75, 3.05) is 18.1 Å². The summed E-state index contributed by atoms with van der Waals surface area (Å²) in [5, 5.41) is 4.41. The molecule has 1 fully saturated rings. The van der Waals surface area contributed by atoms with Crippen LogP contribution in [0.25, 0.3) is 5.69 Å². The van der Waals surface area contributed by atoms with Crippen molar-refractivity contribution < 1.29 is 22.7 Å². The minimum Gasteiger partial charge on any atom is -0.449 e. The van der Waals surface area contributed by atoms with Crippen LogP contribution in [0, 0.1) is 13.8 Å². The largest absolute Gasteiger partial charge is 0.449 e. The highest BCUT2D eigenvalue weighted by Gasteiger charge is 2.36. The third kappa shape index (κ3) is 4.72. The molecule has 0 aliphatic carbocycles. The molecule has 8 nitrogen and oxygen atoms in total. The molecule has 162 valence electrons. The molecule has 1 saturated heterocycles. The normalized spacial score (nSPS) is 18.7. The summed E-state index contributed by atoms with van der Waals surface area (Å²) in [6, 6.07) is 8.39. The van der Waals surface area contributed by atoms with Gasteiger partial charge in [0, 0.05) is 18.3 Å². The van der Waals surface area contributed by atoms with Gasteiger partial charge in [0.1, 0.15) is 0 Å². The summed E-state index contributed by atoms with van der Waals surface area (Å²) in [6.45, 7) is 7.52. The van der Waals surface area contributed by atoms with Crippen molar-refractivity contribution in [3.63, 3.8) is 0 Å². The number of aryl methyl sites for hydroxylation is 2. The zero-order valence-electron chi connectivity index (χ0n) is 17.7. The molecule has 0 N–H and O–H groups in total. The van der Waals surface area contributed by atoms with Gasteiger partial charge in [-0.3, -0.25) is 4.79 Å². The Hall–Kier alpha value is -2.68. The lowest BCUT2D eigenvalue weighted by molar-refractivity contribution is -0.141. The molecule has 1 aliphatic rings. The molecule has 1 amide bonds. The summed E-state index contributed by atoms with van der Waals surface area (Å²) in [6.07, 6.45) is -0.590. The molecule has 30 heavy (non-hydrogen) atoms. The van der Waals surface area contributed by atoms with Crippen molar-refractivity contribution in [3.8, 4) is 5.69 Å². The molecule has 1 aromatic carbocycles. The first-order valence-electron chi connectivity index (χ1n) is 9.97. The summed E-state index contributed by atoms with van der Waals surface area (Å²) in [5.74, 6) is -0.948. The van der Waals surface area contributed by atoms with Gasteiger partial charge in [-0.25, -0.2) is 17.9 Å². The van der Waals surface area contributed by atoms with Gasteiger partial charge in [-0.2, -0.15) is 5.10 Å². The predicted octanol–water partition coefficient (Wildman–Crippen LogP) is 2.07. The highest BCUT2D eigenvalue weighted by molar-refractivity contribution is 7.91. The number of carbonyl (C=O) groups excluding carboxylic acids is 2. The van der Waals surface area contributed by atoms with Gasteiger partial charge in [-0.1, -0.05) is 0 Å². The van der Waals surface area contributed by atoms with E-state index >= 15 is 0 Å². The number of nitrogens with zero attached hydrogens (tertiary/aromatic N) is 3. The molecule has 0 saturated carbocycles. The second-order valence-electron chi connectivity index (χ2n) is 7.61. The zero-order valence-corrected chi connectivity index (χ0v) is 18.5. The zero-order chi connectivity index (χ0) is 22.1. The maximum absolute atomic E-state index is 12.8. The third-order valence-corrected chi connectivity index (χ3v) is 7.01. The molecule has 3 rings (SSSR count). The first-order chi connectivity index (χ1) is 14.1. The molecular formula is C21H27N3O5S. The van der Waals surface area contributed by atoms with E-state index in [-0.39, 0.29) is 23.5 Å². The molecule has 0 bridgehead atoms. The number of hydrogen-bond acceptors (Lipinski definition) is 6. The molecule has 0 radical (unpaired) electrons. The third-order valence-electron chi connectivity index (χ3n) is 5.26. The molecule has 0 spiro atoms. The van der Waals surface area contributed by atoms with E-state index in [1.54, 1.807) is 35.9 Å². The summed E-state index contributed by atoms with van der Waals surface area (Å²) in [4.78, 5) is 26.8. The smallest absolute Gasteiger partial charge is 0.338 e. The second-order valence-corrected chi connectivity index (χ2v) is 9.84. The Bertz CT molecular complexity index is 1040. The van der Waals surface area contributed by atoms with Crippen LogP contribution >= 0.6 is 0 Å². The van der Waals surface area contributed by atoms with Crippen molar-refractivity contribution in [1.29, 1.82) is 0 Å². The summed E-state index contributed by atoms with van der Waals surface area (Å²) in [7, 11) is -3.11. The Labute approximate surface area is 176 Å². The quantitative estimate of drug-likeness (QED) is 0.647. The lowest BCUT2D eigenvalue weighted by atomic mass is 10.2. The molecule has 9 heteroatoms. The summed E-state index contributed by atoms with van der Waals surface area (Å²) >= 11 is 0. The van der Waals surface area contributed by atoms with Gasteiger partial charge in [-0.15, -0.1) is 0 Å². The second kappa shape index (κ2) is 8.59. The van der Waals surface area contributed by atoms with Crippen LogP contribution in [0.5, 0.6) is 0 Å². The highest BCUT2D eigenvalue weighted by Crippen LogP contribution is 2.20. The maximum Gasteiger partial charge on any atom is 0.338 e. The standard InChI is InChI=1S/C21H27N3O5S/c1-5-23(19-10-11-30(27,28)13-19)20(25)16(4)29-21(26)17-6-8-18(9-7-17)24-15(3)12-14(2)22-24/h6-9,12,16,19H,5,10-11,13H2,1-4H3. The van der Waals surface area contributed by atoms with Crippen molar-refractivity contribution in [3.05, 3.63) is 47.3 Å². The predicted molar refractivity (Wildman–Crippen MR) is 112 cm³/mol. The Balaban J connectivity index is 1.66. The fourth-order valence-corrected chi connectivity index (χ4v) is 5.49. The Morgan fingerprint density at radius 3 is 2.43 bits per heavy atom. The van der Waals surface area contributed by atoms with Gasteiger partial charge in [0.2, 0.25) is 0 Å². The minimum absolute atomic E-state index is 0.0406. The van der Waals surface area contributed by atoms with Crippen LogP contribution in [0.2, 0.25) is 0 Å². The highest BCUT2D eigenvalue weighted by atomic mass is 32.2. The minimum atomic E-state index is -3.11. The van der Waals surface area contributed by atoms with Crippen molar-refractivity contribution in [2.24, 2.45) is 0 Å². The fourth-order valence-electron chi connectivity index (χ4n) is 3.76. The number of ether oxygens (including phenoxy) is 1. The molecule has 2 unspecified atom stereocenters. The van der Waals surface area contributed by atoms with Gasteiger partial charge in [0.15, 0.2) is 15.9 Å². The molecular weight excluding hydrogens is 406 g/mol. The van der Waals surface area contributed by atoms with Gasteiger partial charge in [0.05, 0.1) is 28.5 Å². The first-order valence-corrected chi connectivity index (χ1v) is 11.8. The number of likely N-dealkylation sites (N-methyl/N-ethyl adjacent to an activating group) is 1. The van der Waals surface area contributed by atoms with E-state index in [1.807, 2.05) is 19.9 Å². The monoisotopic (exact) mass is 433 g/mol. The van der Waals surface area contributed by atoms with Crippen LogP contribution in [0.15, 0.2) is 30.3 Å². The van der Waals surface area contributed by atoms with Crippen LogP contribution in [0.1, 0.15) is 42.0 Å². The fraction of sp³-hybridized carbons (Fsp3) is 0.476. The van der Waals surface area contributed by atoms with Crippen LogP contribution in [0.3, 0.4) is 0 Å². The number of amides is 1. The summed E-state index contributed by atoms with van der Waals surface area (Å²) in [5.41, 5.74) is 3.03. The van der Waals surface area contributed by atoms with Crippen molar-refractivity contribution >= 4 is 21.7 Å². The molecule has 1 aromatic heterocycles.